The van der Waals surface area contributed by atoms with E-state index in [0.29, 0.717) is 48.3 Å². The van der Waals surface area contributed by atoms with Gasteiger partial charge in [-0.3, -0.25) is 0 Å². The zero-order chi connectivity index (χ0) is 38.6. The molecule has 8 nitrogen and oxygen atoms in total. The van der Waals surface area contributed by atoms with Crippen LogP contribution in [0.5, 0.6) is 0 Å². The highest BCUT2D eigenvalue weighted by Gasteiger charge is 2.52. The van der Waals surface area contributed by atoms with Crippen molar-refractivity contribution < 1.29 is 36.2 Å². The van der Waals surface area contributed by atoms with E-state index in [-0.39, 0.29) is 47.6 Å². The van der Waals surface area contributed by atoms with Crippen molar-refractivity contribution in [1.82, 2.24) is 0 Å². The molecule has 0 aromatic heterocycles. The molecule has 3 fully saturated rings. The molecular weight excluding hydrogens is 823 g/mol. The van der Waals surface area contributed by atoms with Crippen LogP contribution in [-0.4, -0.2) is 80.1 Å². The van der Waals surface area contributed by atoms with E-state index < -0.39 is 25.8 Å². The largest absolute Gasteiger partial charge is 0.393 e. The smallest absolute Gasteiger partial charge is 0.178 e. The Morgan fingerprint density at radius 2 is 1.42 bits per heavy atom. The molecule has 1 unspecified atom stereocenters. The van der Waals surface area contributed by atoms with Gasteiger partial charge in [0.25, 0.3) is 0 Å². The first-order valence-corrected chi connectivity index (χ1v) is 23.2. The van der Waals surface area contributed by atoms with E-state index in [4.69, 9.17) is 14.2 Å². The Labute approximate surface area is 331 Å². The van der Waals surface area contributed by atoms with Gasteiger partial charge in [0.2, 0.25) is 0 Å². The molecule has 0 aliphatic carbocycles. The van der Waals surface area contributed by atoms with Crippen molar-refractivity contribution in [3.8, 4) is 0 Å². The van der Waals surface area contributed by atoms with E-state index in [2.05, 4.69) is 53.8 Å². The van der Waals surface area contributed by atoms with Crippen molar-refractivity contribution in [2.75, 3.05) is 15.9 Å². The number of aliphatic hydroxyl groups excluding tert-OH is 1. The number of hydrogen-bond donors (Lipinski definition) is 1. The third-order valence-corrected chi connectivity index (χ3v) is 15.1. The van der Waals surface area contributed by atoms with Crippen LogP contribution in [0.2, 0.25) is 0 Å². The molecule has 53 heavy (non-hydrogen) atoms. The van der Waals surface area contributed by atoms with E-state index in [0.717, 1.165) is 46.8 Å². The minimum Gasteiger partial charge on any atom is -0.393 e. The molecule has 0 radical (unpaired) electrons. The quantitative estimate of drug-likeness (QED) is 0.0776. The van der Waals surface area contributed by atoms with Gasteiger partial charge in [0.15, 0.2) is 19.7 Å². The zero-order valence-electron chi connectivity index (χ0n) is 31.1. The maximum Gasteiger partial charge on any atom is 0.178 e. The molecule has 11 heteroatoms. The first kappa shape index (κ1) is 43.4. The number of aliphatic hydroxyl groups is 1. The van der Waals surface area contributed by atoms with Gasteiger partial charge in [-0.15, -0.1) is 11.5 Å². The number of fused-ring (bicyclic) bond motifs is 1. The molecule has 0 bridgehead atoms. The Hall–Kier alpha value is -2.31. The first-order valence-electron chi connectivity index (χ1n) is 18.4. The normalized spacial score (nSPS) is 26.0. The van der Waals surface area contributed by atoms with Crippen molar-refractivity contribution >= 4 is 42.3 Å². The lowest BCUT2D eigenvalue weighted by atomic mass is 9.87. The molecule has 1 N–H and O–H groups in total. The number of alkyl halides is 1. The van der Waals surface area contributed by atoms with Crippen LogP contribution in [0.3, 0.4) is 0 Å². The fraction of sp³-hybridized carbons (Fsp3) is 0.524. The van der Waals surface area contributed by atoms with Gasteiger partial charge >= 0.3 is 0 Å². The van der Waals surface area contributed by atoms with Gasteiger partial charge in [0, 0.05) is 23.7 Å². The number of sulfone groups is 2. The lowest BCUT2D eigenvalue weighted by molar-refractivity contribution is -0.151. The average molecular weight is 879 g/mol. The lowest BCUT2D eigenvalue weighted by Gasteiger charge is -2.41. The van der Waals surface area contributed by atoms with Crippen molar-refractivity contribution in [2.45, 2.75) is 130 Å². The summed E-state index contributed by atoms with van der Waals surface area (Å²) in [5.74, 6) is 0.168. The predicted octanol–water partition coefficient (Wildman–Crippen LogP) is 8.31. The van der Waals surface area contributed by atoms with E-state index in [1.54, 1.807) is 54.6 Å². The summed E-state index contributed by atoms with van der Waals surface area (Å²) in [7, 11) is -6.57. The van der Waals surface area contributed by atoms with Gasteiger partial charge in [-0.05, 0) is 99.8 Å². The molecule has 3 saturated heterocycles. The third-order valence-electron chi connectivity index (χ3n) is 10.3. The SMILES string of the molecule is C=C=C(C)CC1CC[C@@H]2O[C@@H](CCS(=O)(=O)c3ccccc3)C[C@]2(CI)O1.C=C=C(C)C[C@H](O)CC[C@@H]1O[C@@H](CCS(=O)(=O)c2ccccc2)CC1=C. The van der Waals surface area contributed by atoms with E-state index >= 15 is 0 Å². The van der Waals surface area contributed by atoms with E-state index in [1.807, 2.05) is 19.9 Å². The standard InChI is InChI=1S/C21H27IO4S.C21H28O4S/c1-3-16(2)13-17-9-10-20-21(15-22,26-17)14-18(25-20)11-12-27(23,24)19-7-5-4-6-8-19;1-4-16(2)14-18(22)10-11-21-17(3)15-19(25-21)12-13-26(23,24)20-8-6-5-7-9-20/h4-8,17-18,20H,1,9-15H2,2H3;5-9,18-19,21-22H,1,3,10-15H2,2H3/t17?,18-,20-,21+;18-,19+,21+/m01/s1. The Balaban J connectivity index is 0.000000237. The topological polar surface area (TPSA) is 116 Å². The molecule has 3 aliphatic heterocycles. The highest BCUT2D eigenvalue weighted by Crippen LogP contribution is 2.44. The molecule has 0 saturated carbocycles. The molecule has 3 aliphatic rings. The second-order valence-electron chi connectivity index (χ2n) is 14.5. The minimum atomic E-state index is -3.29. The second kappa shape index (κ2) is 20.0. The molecule has 7 atom stereocenters. The molecule has 5 rings (SSSR count). The van der Waals surface area contributed by atoms with Crippen molar-refractivity contribution in [2.24, 2.45) is 0 Å². The maximum atomic E-state index is 12.6. The van der Waals surface area contributed by atoms with Crippen LogP contribution in [0, 0.1) is 0 Å². The summed E-state index contributed by atoms with van der Waals surface area (Å²) in [6, 6.07) is 17.1. The maximum absolute atomic E-state index is 12.6. The summed E-state index contributed by atoms with van der Waals surface area (Å²) in [6.07, 6.45) is 6.48. The number of rotatable bonds is 16. The van der Waals surface area contributed by atoms with Crippen LogP contribution in [-0.2, 0) is 33.9 Å². The van der Waals surface area contributed by atoms with E-state index in [9.17, 15) is 21.9 Å². The lowest BCUT2D eigenvalue weighted by Crippen LogP contribution is -2.49. The van der Waals surface area contributed by atoms with Crippen LogP contribution in [0.15, 0.2) is 118 Å². The fourth-order valence-electron chi connectivity index (χ4n) is 7.18. The Morgan fingerprint density at radius 3 is 1.96 bits per heavy atom. The second-order valence-corrected chi connectivity index (χ2v) is 19.5. The minimum absolute atomic E-state index is 0.0584. The fourth-order valence-corrected chi connectivity index (χ4v) is 10.9. The Morgan fingerprint density at radius 1 is 0.849 bits per heavy atom. The van der Waals surface area contributed by atoms with Crippen molar-refractivity contribution in [3.63, 3.8) is 0 Å². The third kappa shape index (κ3) is 12.6. The van der Waals surface area contributed by atoms with Crippen LogP contribution >= 0.6 is 22.6 Å². The summed E-state index contributed by atoms with van der Waals surface area (Å²) in [5, 5.41) is 10.0. The van der Waals surface area contributed by atoms with Gasteiger partial charge in [0.05, 0.1) is 57.9 Å². The number of halogens is 1. The van der Waals surface area contributed by atoms with Gasteiger partial charge in [-0.2, -0.15) is 0 Å². The summed E-state index contributed by atoms with van der Waals surface area (Å²) in [5.41, 5.74) is 8.47. The van der Waals surface area contributed by atoms with Gasteiger partial charge < -0.3 is 19.3 Å². The first-order chi connectivity index (χ1) is 25.2. The van der Waals surface area contributed by atoms with Crippen molar-refractivity contribution in [3.05, 3.63) is 109 Å². The molecule has 0 spiro atoms. The highest BCUT2D eigenvalue weighted by molar-refractivity contribution is 14.1. The monoisotopic (exact) mass is 878 g/mol. The van der Waals surface area contributed by atoms with Crippen LogP contribution in [0.4, 0.5) is 0 Å². The molecule has 0 amide bonds. The average Bonchev–Trinajstić information content (AvgIpc) is 3.72. The van der Waals surface area contributed by atoms with E-state index in [1.165, 1.54) is 0 Å². The van der Waals surface area contributed by atoms with Gasteiger partial charge in [-0.25, -0.2) is 16.8 Å². The summed E-state index contributed by atoms with van der Waals surface area (Å²) >= 11 is 2.37. The molecule has 2 aromatic rings. The Bertz CT molecular complexity index is 1830. The number of hydrogen-bond acceptors (Lipinski definition) is 8. The summed E-state index contributed by atoms with van der Waals surface area (Å²) in [6.45, 7) is 15.3. The molecule has 2 aromatic carbocycles. The highest BCUT2D eigenvalue weighted by atomic mass is 127. The summed E-state index contributed by atoms with van der Waals surface area (Å²) in [4.78, 5) is 0.731. The number of ether oxygens (including phenoxy) is 3. The van der Waals surface area contributed by atoms with Crippen LogP contribution in [0.1, 0.15) is 78.1 Å². The molecular formula is C42H55IO8S2. The van der Waals surface area contributed by atoms with Crippen molar-refractivity contribution in [1.29, 1.82) is 0 Å². The van der Waals surface area contributed by atoms with Crippen LogP contribution in [0.25, 0.3) is 0 Å². The summed E-state index contributed by atoms with van der Waals surface area (Å²) < 4.78 is 69.4. The van der Waals surface area contributed by atoms with Crippen LogP contribution < -0.4 is 0 Å². The van der Waals surface area contributed by atoms with Gasteiger partial charge in [-0.1, -0.05) is 78.7 Å². The Kier molecular flexibility index (Phi) is 16.4. The molecule has 3 heterocycles. The molecule has 290 valence electrons. The predicted molar refractivity (Wildman–Crippen MR) is 219 cm³/mol. The van der Waals surface area contributed by atoms with Gasteiger partial charge in [0.1, 0.15) is 5.60 Å². The number of benzene rings is 2. The zero-order valence-corrected chi connectivity index (χ0v) is 34.8.